The van der Waals surface area contributed by atoms with Crippen molar-refractivity contribution in [2.45, 2.75) is 6.61 Å². The number of rotatable bonds is 7. The van der Waals surface area contributed by atoms with Gasteiger partial charge in [-0.1, -0.05) is 35.9 Å². The van der Waals surface area contributed by atoms with Crippen LogP contribution in [0.15, 0.2) is 66.7 Å². The molecule has 0 aliphatic rings. The largest absolute Gasteiger partial charge is 0.493 e. The number of hydrogen-bond donors (Lipinski definition) is 2. The zero-order valence-electron chi connectivity index (χ0n) is 17.9. The highest BCUT2D eigenvalue weighted by Crippen LogP contribution is 2.29. The Bertz CT molecular complexity index is 1170. The third-order valence-electron chi connectivity index (χ3n) is 4.54. The van der Waals surface area contributed by atoms with E-state index in [1.54, 1.807) is 54.6 Å². The molecule has 3 aromatic rings. The first kappa shape index (κ1) is 24.0. The first-order chi connectivity index (χ1) is 15.9. The predicted molar refractivity (Wildman–Crippen MR) is 130 cm³/mol. The fourth-order valence-corrected chi connectivity index (χ4v) is 3.21. The monoisotopic (exact) mass is 484 g/mol. The molecule has 0 bridgehead atoms. The normalized spacial score (nSPS) is 10.2. The first-order valence-electron chi connectivity index (χ1n) is 9.76. The lowest BCUT2D eigenvalue weighted by Crippen LogP contribution is -2.34. The molecule has 0 saturated carbocycles. The number of amides is 1. The summed E-state index contributed by atoms with van der Waals surface area (Å²) in [7, 11) is 2.78. The Kier molecular flexibility index (Phi) is 8.23. The Morgan fingerprint density at radius 1 is 0.970 bits per heavy atom. The van der Waals surface area contributed by atoms with Crippen LogP contribution in [0.25, 0.3) is 0 Å². The molecule has 1 amide bonds. The Labute approximate surface area is 201 Å². The molecule has 0 fully saturated rings. The number of methoxy groups -OCH3 is 2. The molecule has 3 aromatic carbocycles. The summed E-state index contributed by atoms with van der Waals surface area (Å²) in [5.41, 5.74) is 1.96. The van der Waals surface area contributed by atoms with Crippen molar-refractivity contribution in [1.29, 1.82) is 0 Å². The smallest absolute Gasteiger partial charge is 0.339 e. The van der Waals surface area contributed by atoms with E-state index in [4.69, 9.17) is 38.0 Å². The van der Waals surface area contributed by atoms with E-state index in [1.807, 2.05) is 12.1 Å². The van der Waals surface area contributed by atoms with Crippen molar-refractivity contribution >= 4 is 46.5 Å². The molecule has 33 heavy (non-hydrogen) atoms. The number of carbonyl (C=O) groups excluding carboxylic acids is 2. The molecule has 7 nitrogen and oxygen atoms in total. The van der Waals surface area contributed by atoms with E-state index in [-0.39, 0.29) is 5.11 Å². The maximum atomic E-state index is 12.7. The fourth-order valence-electron chi connectivity index (χ4n) is 2.88. The summed E-state index contributed by atoms with van der Waals surface area (Å²) >= 11 is 11.1. The standard InChI is InChI=1S/C24H21ClN2O5S/c1-30-21-13-16(9-12-20(21)32-14-15-7-10-17(25)11-8-15)22(28)27-24(33)26-19-6-4-3-5-18(19)23(29)31-2/h3-13H,14H2,1-2H3,(H2,26,27,28,33). The molecule has 170 valence electrons. The van der Waals surface area contributed by atoms with Crippen LogP contribution in [0, 0.1) is 0 Å². The van der Waals surface area contributed by atoms with Crippen molar-refractivity contribution in [3.8, 4) is 11.5 Å². The average Bonchev–Trinajstić information content (AvgIpc) is 2.83. The zero-order valence-corrected chi connectivity index (χ0v) is 19.5. The highest BCUT2D eigenvalue weighted by Gasteiger charge is 2.15. The van der Waals surface area contributed by atoms with E-state index >= 15 is 0 Å². The van der Waals surface area contributed by atoms with Gasteiger partial charge in [0.2, 0.25) is 0 Å². The number of carbonyl (C=O) groups is 2. The van der Waals surface area contributed by atoms with Gasteiger partial charge in [0.25, 0.3) is 5.91 Å². The molecule has 9 heteroatoms. The number of halogens is 1. The number of nitrogens with one attached hydrogen (secondary N) is 2. The van der Waals surface area contributed by atoms with Gasteiger partial charge in [-0.25, -0.2) is 4.79 Å². The second-order valence-corrected chi connectivity index (χ2v) is 7.57. The van der Waals surface area contributed by atoms with Crippen molar-refractivity contribution in [2.75, 3.05) is 19.5 Å². The van der Waals surface area contributed by atoms with E-state index in [1.165, 1.54) is 14.2 Å². The summed E-state index contributed by atoms with van der Waals surface area (Å²) in [6, 6.07) is 18.8. The van der Waals surface area contributed by atoms with Crippen LogP contribution in [0.3, 0.4) is 0 Å². The molecule has 0 heterocycles. The van der Waals surface area contributed by atoms with Gasteiger partial charge in [0.1, 0.15) is 6.61 Å². The number of ether oxygens (including phenoxy) is 3. The van der Waals surface area contributed by atoms with Crippen LogP contribution in [-0.4, -0.2) is 31.2 Å². The van der Waals surface area contributed by atoms with Crippen molar-refractivity contribution in [2.24, 2.45) is 0 Å². The summed E-state index contributed by atoms with van der Waals surface area (Å²) in [6.45, 7) is 0.312. The minimum atomic E-state index is -0.522. The second-order valence-electron chi connectivity index (χ2n) is 6.73. The molecule has 0 atom stereocenters. The Hall–Kier alpha value is -3.62. The van der Waals surface area contributed by atoms with E-state index in [0.717, 1.165) is 5.56 Å². The molecule has 0 aromatic heterocycles. The van der Waals surface area contributed by atoms with Crippen molar-refractivity contribution in [3.05, 3.63) is 88.4 Å². The fraction of sp³-hybridized carbons (Fsp3) is 0.125. The van der Waals surface area contributed by atoms with Gasteiger partial charge < -0.3 is 19.5 Å². The first-order valence-corrected chi connectivity index (χ1v) is 10.5. The van der Waals surface area contributed by atoms with Crippen LogP contribution in [0.4, 0.5) is 5.69 Å². The molecule has 2 N–H and O–H groups in total. The Morgan fingerprint density at radius 3 is 2.39 bits per heavy atom. The van der Waals surface area contributed by atoms with Gasteiger partial charge in [0, 0.05) is 10.6 Å². The highest BCUT2D eigenvalue weighted by molar-refractivity contribution is 7.80. The number of benzene rings is 3. The number of esters is 1. The van der Waals surface area contributed by atoms with Crippen LogP contribution >= 0.6 is 23.8 Å². The van der Waals surface area contributed by atoms with Crippen molar-refractivity contribution in [1.82, 2.24) is 5.32 Å². The minimum Gasteiger partial charge on any atom is -0.493 e. The molecule has 0 spiro atoms. The third kappa shape index (κ3) is 6.44. The van der Waals surface area contributed by atoms with E-state index in [9.17, 15) is 9.59 Å². The lowest BCUT2D eigenvalue weighted by Gasteiger charge is -2.14. The topological polar surface area (TPSA) is 85.9 Å². The van der Waals surface area contributed by atoms with E-state index in [0.29, 0.717) is 39.9 Å². The summed E-state index contributed by atoms with van der Waals surface area (Å²) < 4.78 is 15.9. The van der Waals surface area contributed by atoms with Gasteiger partial charge >= 0.3 is 5.97 Å². The quantitative estimate of drug-likeness (QED) is 0.366. The third-order valence-corrected chi connectivity index (χ3v) is 5.00. The van der Waals surface area contributed by atoms with Crippen LogP contribution in [0.5, 0.6) is 11.5 Å². The zero-order chi connectivity index (χ0) is 23.8. The summed E-state index contributed by atoms with van der Waals surface area (Å²) in [5, 5.41) is 6.10. The van der Waals surface area contributed by atoms with Crippen LogP contribution in [-0.2, 0) is 11.3 Å². The second kappa shape index (κ2) is 11.3. The number of hydrogen-bond acceptors (Lipinski definition) is 6. The molecule has 0 aliphatic carbocycles. The number of para-hydroxylation sites is 1. The number of anilines is 1. The maximum absolute atomic E-state index is 12.7. The SMILES string of the molecule is COC(=O)c1ccccc1NC(=S)NC(=O)c1ccc(OCc2ccc(Cl)cc2)c(OC)c1. The van der Waals surface area contributed by atoms with Crippen molar-refractivity contribution < 1.29 is 23.8 Å². The summed E-state index contributed by atoms with van der Waals surface area (Å²) in [5.74, 6) is -0.0972. The molecule has 0 radical (unpaired) electrons. The molecule has 0 aliphatic heterocycles. The molecule has 3 rings (SSSR count). The Morgan fingerprint density at radius 2 is 1.70 bits per heavy atom. The van der Waals surface area contributed by atoms with Gasteiger partial charge in [0.15, 0.2) is 16.6 Å². The molecule has 0 unspecified atom stereocenters. The van der Waals surface area contributed by atoms with Crippen LogP contribution in [0.2, 0.25) is 5.02 Å². The number of thiocarbonyl (C=S) groups is 1. The summed E-state index contributed by atoms with van der Waals surface area (Å²) in [4.78, 5) is 24.6. The van der Waals surface area contributed by atoms with Crippen LogP contribution in [0.1, 0.15) is 26.3 Å². The molecular formula is C24H21ClN2O5S. The molecular weight excluding hydrogens is 464 g/mol. The maximum Gasteiger partial charge on any atom is 0.339 e. The van der Waals surface area contributed by atoms with E-state index in [2.05, 4.69) is 10.6 Å². The lowest BCUT2D eigenvalue weighted by molar-refractivity contribution is 0.0602. The average molecular weight is 485 g/mol. The van der Waals surface area contributed by atoms with Gasteiger partial charge in [-0.05, 0) is 60.2 Å². The summed E-state index contributed by atoms with van der Waals surface area (Å²) in [6.07, 6.45) is 0. The Balaban J connectivity index is 1.65. The van der Waals surface area contributed by atoms with E-state index < -0.39 is 11.9 Å². The van der Waals surface area contributed by atoms with Gasteiger partial charge in [0.05, 0.1) is 25.5 Å². The lowest BCUT2D eigenvalue weighted by atomic mass is 10.1. The minimum absolute atomic E-state index is 0.0263. The van der Waals surface area contributed by atoms with Gasteiger partial charge in [-0.2, -0.15) is 0 Å². The highest BCUT2D eigenvalue weighted by atomic mass is 35.5. The van der Waals surface area contributed by atoms with Crippen molar-refractivity contribution in [3.63, 3.8) is 0 Å². The predicted octanol–water partition coefficient (Wildman–Crippen LogP) is 4.84. The van der Waals surface area contributed by atoms with Gasteiger partial charge in [-0.3, -0.25) is 10.1 Å². The molecule has 0 saturated heterocycles. The van der Waals surface area contributed by atoms with Gasteiger partial charge in [-0.15, -0.1) is 0 Å². The van der Waals surface area contributed by atoms with Crippen LogP contribution < -0.4 is 20.1 Å².